The summed E-state index contributed by atoms with van der Waals surface area (Å²) in [5.74, 6) is -2.85. The van der Waals surface area contributed by atoms with Gasteiger partial charge in [-0.05, 0) is 6.07 Å². The maximum absolute atomic E-state index is 12.2. The van der Waals surface area contributed by atoms with Crippen LogP contribution in [0.15, 0.2) is 12.1 Å². The fourth-order valence-electron chi connectivity index (χ4n) is 1.69. The molecule has 1 aromatic rings. The van der Waals surface area contributed by atoms with Crippen LogP contribution in [0.25, 0.3) is 0 Å². The molecule has 0 aliphatic carbocycles. The van der Waals surface area contributed by atoms with E-state index in [2.05, 4.69) is 4.74 Å². The topological polar surface area (TPSA) is 73.9 Å². The molecular formula is C12H10F3NO5. The van der Waals surface area contributed by atoms with E-state index >= 15 is 0 Å². The maximum Gasteiger partial charge on any atom is 0.471 e. The quantitative estimate of drug-likeness (QED) is 0.843. The molecule has 1 heterocycles. The molecule has 1 amide bonds. The summed E-state index contributed by atoms with van der Waals surface area (Å²) in [6.07, 6.45) is -5.04. The standard InChI is InChI=1S/C12H10F3NO5/c1-19-10(17)7-4-6(16-11(18)12(13,14)15)5-8-9(7)21-3-2-20-8/h4-5H,2-3H2,1H3,(H,16,18). The Morgan fingerprint density at radius 2 is 1.90 bits per heavy atom. The first-order valence-corrected chi connectivity index (χ1v) is 5.73. The Bertz CT molecular complexity index is 585. The van der Waals surface area contributed by atoms with Gasteiger partial charge < -0.3 is 19.5 Å². The van der Waals surface area contributed by atoms with Crippen LogP contribution >= 0.6 is 0 Å². The van der Waals surface area contributed by atoms with Crippen molar-refractivity contribution in [2.24, 2.45) is 0 Å². The molecule has 2 rings (SSSR count). The second-order valence-corrected chi connectivity index (χ2v) is 3.99. The van der Waals surface area contributed by atoms with E-state index in [0.717, 1.165) is 19.2 Å². The van der Waals surface area contributed by atoms with Crippen LogP contribution in [0.3, 0.4) is 0 Å². The molecule has 0 unspecified atom stereocenters. The molecule has 0 bridgehead atoms. The molecule has 1 aliphatic rings. The van der Waals surface area contributed by atoms with Gasteiger partial charge in [-0.2, -0.15) is 13.2 Å². The summed E-state index contributed by atoms with van der Waals surface area (Å²) in [7, 11) is 1.11. The van der Waals surface area contributed by atoms with Gasteiger partial charge in [0.1, 0.15) is 18.8 Å². The molecule has 21 heavy (non-hydrogen) atoms. The van der Waals surface area contributed by atoms with Crippen LogP contribution in [0.2, 0.25) is 0 Å². The zero-order valence-electron chi connectivity index (χ0n) is 10.7. The Hall–Kier alpha value is -2.45. The first kappa shape index (κ1) is 14.9. The molecule has 6 nitrogen and oxygen atoms in total. The van der Waals surface area contributed by atoms with Gasteiger partial charge in [0.25, 0.3) is 0 Å². The van der Waals surface area contributed by atoms with Crippen LogP contribution < -0.4 is 14.8 Å². The molecule has 0 saturated heterocycles. The van der Waals surface area contributed by atoms with Gasteiger partial charge in [-0.1, -0.05) is 0 Å². The predicted molar refractivity (Wildman–Crippen MR) is 63.5 cm³/mol. The number of nitrogens with one attached hydrogen (secondary N) is 1. The zero-order valence-corrected chi connectivity index (χ0v) is 10.7. The second-order valence-electron chi connectivity index (χ2n) is 3.99. The Balaban J connectivity index is 2.39. The third-order valence-corrected chi connectivity index (χ3v) is 2.56. The van der Waals surface area contributed by atoms with Crippen LogP contribution in [0, 0.1) is 0 Å². The number of carbonyl (C=O) groups excluding carboxylic acids is 2. The first-order valence-electron chi connectivity index (χ1n) is 5.73. The molecule has 0 fully saturated rings. The SMILES string of the molecule is COC(=O)c1cc(NC(=O)C(F)(F)F)cc2c1OCCO2. The van der Waals surface area contributed by atoms with Gasteiger partial charge in [-0.25, -0.2) is 4.79 Å². The van der Waals surface area contributed by atoms with Gasteiger partial charge in [0, 0.05) is 11.8 Å². The van der Waals surface area contributed by atoms with Crippen molar-refractivity contribution in [2.75, 3.05) is 25.6 Å². The highest BCUT2D eigenvalue weighted by molar-refractivity contribution is 5.99. The summed E-state index contributed by atoms with van der Waals surface area (Å²) < 4.78 is 51.7. The van der Waals surface area contributed by atoms with E-state index < -0.39 is 18.1 Å². The van der Waals surface area contributed by atoms with Gasteiger partial charge in [0.05, 0.1) is 7.11 Å². The smallest absolute Gasteiger partial charge is 0.471 e. The molecule has 0 radical (unpaired) electrons. The monoisotopic (exact) mass is 305 g/mol. The molecule has 1 aliphatic heterocycles. The summed E-state index contributed by atoms with van der Waals surface area (Å²) in [6.45, 7) is 0.357. The van der Waals surface area contributed by atoms with Crippen molar-refractivity contribution >= 4 is 17.6 Å². The third kappa shape index (κ3) is 3.18. The summed E-state index contributed by atoms with van der Waals surface area (Å²) >= 11 is 0. The average molecular weight is 305 g/mol. The van der Waals surface area contributed by atoms with Crippen LogP contribution in [-0.4, -0.2) is 38.4 Å². The lowest BCUT2D eigenvalue weighted by atomic mass is 10.1. The van der Waals surface area contributed by atoms with Crippen molar-refractivity contribution in [3.05, 3.63) is 17.7 Å². The number of esters is 1. The highest BCUT2D eigenvalue weighted by Crippen LogP contribution is 2.37. The number of halogens is 3. The Morgan fingerprint density at radius 3 is 2.52 bits per heavy atom. The minimum absolute atomic E-state index is 0.0571. The zero-order chi connectivity index (χ0) is 15.6. The fraction of sp³-hybridized carbons (Fsp3) is 0.333. The Labute approximate surface area is 116 Å². The van der Waals surface area contributed by atoms with E-state index in [1.807, 2.05) is 0 Å². The molecule has 0 atom stereocenters. The third-order valence-electron chi connectivity index (χ3n) is 2.56. The van der Waals surface area contributed by atoms with Gasteiger partial charge in [-0.15, -0.1) is 0 Å². The number of fused-ring (bicyclic) bond motifs is 1. The van der Waals surface area contributed by atoms with Crippen molar-refractivity contribution in [2.45, 2.75) is 6.18 Å². The van der Waals surface area contributed by atoms with E-state index in [-0.39, 0.29) is 36.0 Å². The summed E-state index contributed by atoms with van der Waals surface area (Å²) in [6, 6.07) is 2.17. The molecule has 0 spiro atoms. The first-order chi connectivity index (χ1) is 9.82. The lowest BCUT2D eigenvalue weighted by molar-refractivity contribution is -0.167. The number of hydrogen-bond donors (Lipinski definition) is 1. The van der Waals surface area contributed by atoms with E-state index in [9.17, 15) is 22.8 Å². The lowest BCUT2D eigenvalue weighted by Gasteiger charge is -2.21. The van der Waals surface area contributed by atoms with Crippen molar-refractivity contribution < 1.29 is 37.0 Å². The van der Waals surface area contributed by atoms with Crippen LogP contribution in [0.1, 0.15) is 10.4 Å². The van der Waals surface area contributed by atoms with Crippen LogP contribution in [-0.2, 0) is 9.53 Å². The van der Waals surface area contributed by atoms with Crippen molar-refractivity contribution in [3.8, 4) is 11.5 Å². The van der Waals surface area contributed by atoms with Gasteiger partial charge in [0.15, 0.2) is 11.5 Å². The van der Waals surface area contributed by atoms with Crippen LogP contribution in [0.5, 0.6) is 11.5 Å². The second kappa shape index (κ2) is 5.51. The highest BCUT2D eigenvalue weighted by atomic mass is 19.4. The summed E-state index contributed by atoms with van der Waals surface area (Å²) in [5, 5.41) is 1.64. The number of benzene rings is 1. The molecule has 9 heteroatoms. The molecule has 114 valence electrons. The number of rotatable bonds is 2. The number of ether oxygens (including phenoxy) is 3. The molecular weight excluding hydrogens is 295 g/mol. The van der Waals surface area contributed by atoms with E-state index in [0.29, 0.717) is 0 Å². The normalized spacial score (nSPS) is 13.5. The molecule has 1 aromatic carbocycles. The van der Waals surface area contributed by atoms with Gasteiger partial charge in [-0.3, -0.25) is 4.79 Å². The van der Waals surface area contributed by atoms with Gasteiger partial charge >= 0.3 is 18.1 Å². The number of anilines is 1. The number of hydrogen-bond acceptors (Lipinski definition) is 5. The van der Waals surface area contributed by atoms with E-state index in [1.165, 1.54) is 0 Å². The van der Waals surface area contributed by atoms with Crippen molar-refractivity contribution in [3.63, 3.8) is 0 Å². The minimum Gasteiger partial charge on any atom is -0.486 e. The number of alkyl halides is 3. The number of carbonyl (C=O) groups is 2. The number of methoxy groups -OCH3 is 1. The van der Waals surface area contributed by atoms with Crippen molar-refractivity contribution in [1.82, 2.24) is 0 Å². The maximum atomic E-state index is 12.2. The van der Waals surface area contributed by atoms with E-state index in [1.54, 1.807) is 5.32 Å². The minimum atomic E-state index is -5.04. The average Bonchev–Trinajstić information content (AvgIpc) is 2.44. The largest absolute Gasteiger partial charge is 0.486 e. The summed E-state index contributed by atoms with van der Waals surface area (Å²) in [5.41, 5.74) is -0.380. The van der Waals surface area contributed by atoms with Crippen LogP contribution in [0.4, 0.5) is 18.9 Å². The molecule has 1 N–H and O–H groups in total. The predicted octanol–water partition coefficient (Wildman–Crippen LogP) is 1.75. The summed E-state index contributed by atoms with van der Waals surface area (Å²) in [4.78, 5) is 22.6. The Morgan fingerprint density at radius 1 is 1.24 bits per heavy atom. The molecule has 0 saturated carbocycles. The Kier molecular flexibility index (Phi) is 3.92. The molecule has 0 aromatic heterocycles. The number of amides is 1. The van der Waals surface area contributed by atoms with Gasteiger partial charge in [0.2, 0.25) is 0 Å². The fourth-order valence-corrected chi connectivity index (χ4v) is 1.69. The van der Waals surface area contributed by atoms with Crippen molar-refractivity contribution in [1.29, 1.82) is 0 Å². The van der Waals surface area contributed by atoms with E-state index in [4.69, 9.17) is 9.47 Å². The highest BCUT2D eigenvalue weighted by Gasteiger charge is 2.39. The lowest BCUT2D eigenvalue weighted by Crippen LogP contribution is -2.30.